The topological polar surface area (TPSA) is 44.5 Å². The standard InChI is InChI=1S/C18H23NO2/c1-20-17-11-5-6-12-18(17)21-13-7-10-16(14-19)15-8-3-2-4-9-15/h2-6,8-9,11-12,16H,7,10,13-14,19H2,1H3. The van der Waals surface area contributed by atoms with Crippen LogP contribution in [0.5, 0.6) is 11.5 Å². The second-order valence-electron chi connectivity index (χ2n) is 4.98. The number of methoxy groups -OCH3 is 1. The van der Waals surface area contributed by atoms with Crippen LogP contribution in [0.4, 0.5) is 0 Å². The number of rotatable bonds is 8. The van der Waals surface area contributed by atoms with Crippen molar-refractivity contribution in [2.75, 3.05) is 20.3 Å². The second-order valence-corrected chi connectivity index (χ2v) is 4.98. The molecule has 0 radical (unpaired) electrons. The van der Waals surface area contributed by atoms with Crippen LogP contribution in [0.1, 0.15) is 24.3 Å². The van der Waals surface area contributed by atoms with Crippen LogP contribution >= 0.6 is 0 Å². The van der Waals surface area contributed by atoms with Crippen LogP contribution in [0.3, 0.4) is 0 Å². The Morgan fingerprint density at radius 2 is 1.62 bits per heavy atom. The lowest BCUT2D eigenvalue weighted by Crippen LogP contribution is -2.13. The highest BCUT2D eigenvalue weighted by atomic mass is 16.5. The van der Waals surface area contributed by atoms with Crippen molar-refractivity contribution in [2.24, 2.45) is 5.73 Å². The fraction of sp³-hybridized carbons (Fsp3) is 0.333. The first-order chi connectivity index (χ1) is 10.3. The van der Waals surface area contributed by atoms with E-state index in [1.807, 2.05) is 30.3 Å². The quantitative estimate of drug-likeness (QED) is 0.754. The van der Waals surface area contributed by atoms with Gasteiger partial charge in [0.05, 0.1) is 13.7 Å². The summed E-state index contributed by atoms with van der Waals surface area (Å²) >= 11 is 0. The van der Waals surface area contributed by atoms with Crippen LogP contribution < -0.4 is 15.2 Å². The van der Waals surface area contributed by atoms with Gasteiger partial charge in [0.2, 0.25) is 0 Å². The zero-order valence-electron chi connectivity index (χ0n) is 12.5. The highest BCUT2D eigenvalue weighted by Crippen LogP contribution is 2.26. The molecule has 0 saturated carbocycles. The first kappa shape index (κ1) is 15.4. The molecule has 0 amide bonds. The predicted octanol–water partition coefficient (Wildman–Crippen LogP) is 3.60. The van der Waals surface area contributed by atoms with Gasteiger partial charge in [-0.05, 0) is 43.0 Å². The first-order valence-electron chi connectivity index (χ1n) is 7.36. The van der Waals surface area contributed by atoms with Gasteiger partial charge in [0.15, 0.2) is 11.5 Å². The van der Waals surface area contributed by atoms with Gasteiger partial charge < -0.3 is 15.2 Å². The van der Waals surface area contributed by atoms with E-state index in [0.29, 0.717) is 19.1 Å². The van der Waals surface area contributed by atoms with Crippen molar-refractivity contribution in [3.63, 3.8) is 0 Å². The van der Waals surface area contributed by atoms with E-state index in [0.717, 1.165) is 24.3 Å². The van der Waals surface area contributed by atoms with E-state index in [-0.39, 0.29) is 0 Å². The summed E-state index contributed by atoms with van der Waals surface area (Å²) in [5.41, 5.74) is 7.19. The molecule has 0 aromatic heterocycles. The maximum Gasteiger partial charge on any atom is 0.161 e. The van der Waals surface area contributed by atoms with E-state index in [2.05, 4.69) is 24.3 Å². The molecule has 2 rings (SSSR count). The number of hydrogen-bond donors (Lipinski definition) is 1. The van der Waals surface area contributed by atoms with Crippen molar-refractivity contribution in [2.45, 2.75) is 18.8 Å². The van der Waals surface area contributed by atoms with Crippen LogP contribution in [0.15, 0.2) is 54.6 Å². The monoisotopic (exact) mass is 285 g/mol. The number of hydrogen-bond acceptors (Lipinski definition) is 3. The zero-order chi connectivity index (χ0) is 14.9. The Morgan fingerprint density at radius 1 is 0.952 bits per heavy atom. The van der Waals surface area contributed by atoms with Crippen molar-refractivity contribution >= 4 is 0 Å². The minimum atomic E-state index is 0.396. The Kier molecular flexibility index (Phi) is 6.10. The van der Waals surface area contributed by atoms with Gasteiger partial charge in [-0.15, -0.1) is 0 Å². The highest BCUT2D eigenvalue weighted by molar-refractivity contribution is 5.39. The average molecular weight is 285 g/mol. The van der Waals surface area contributed by atoms with Crippen LogP contribution in [0, 0.1) is 0 Å². The van der Waals surface area contributed by atoms with Crippen LogP contribution in [0.2, 0.25) is 0 Å². The lowest BCUT2D eigenvalue weighted by molar-refractivity contribution is 0.283. The molecule has 21 heavy (non-hydrogen) atoms. The summed E-state index contributed by atoms with van der Waals surface area (Å²) in [5, 5.41) is 0. The Hall–Kier alpha value is -2.00. The number of ether oxygens (including phenoxy) is 2. The number of para-hydroxylation sites is 2. The minimum absolute atomic E-state index is 0.396. The molecule has 2 aromatic rings. The third kappa shape index (κ3) is 4.50. The second kappa shape index (κ2) is 8.32. The molecule has 0 aliphatic heterocycles. The van der Waals surface area contributed by atoms with Gasteiger partial charge >= 0.3 is 0 Å². The van der Waals surface area contributed by atoms with Gasteiger partial charge in [-0.1, -0.05) is 42.5 Å². The molecule has 112 valence electrons. The smallest absolute Gasteiger partial charge is 0.161 e. The maximum atomic E-state index is 5.88. The lowest BCUT2D eigenvalue weighted by Gasteiger charge is -2.16. The van der Waals surface area contributed by atoms with E-state index < -0.39 is 0 Å². The summed E-state index contributed by atoms with van der Waals surface area (Å²) in [5.74, 6) is 1.97. The third-order valence-electron chi connectivity index (χ3n) is 3.58. The molecule has 3 nitrogen and oxygen atoms in total. The van der Waals surface area contributed by atoms with E-state index >= 15 is 0 Å². The Bertz CT molecular complexity index is 528. The molecule has 2 N–H and O–H groups in total. The maximum absolute atomic E-state index is 5.88. The van der Waals surface area contributed by atoms with E-state index in [1.165, 1.54) is 5.56 Å². The van der Waals surface area contributed by atoms with Gasteiger partial charge in [-0.2, -0.15) is 0 Å². The summed E-state index contributed by atoms with van der Waals surface area (Å²) in [4.78, 5) is 0. The third-order valence-corrected chi connectivity index (χ3v) is 3.58. The normalized spacial score (nSPS) is 11.9. The van der Waals surface area contributed by atoms with E-state index in [9.17, 15) is 0 Å². The first-order valence-corrected chi connectivity index (χ1v) is 7.36. The molecule has 1 atom stereocenters. The summed E-state index contributed by atoms with van der Waals surface area (Å²) < 4.78 is 11.1. The van der Waals surface area contributed by atoms with Gasteiger partial charge in [-0.25, -0.2) is 0 Å². The van der Waals surface area contributed by atoms with Gasteiger partial charge in [0.25, 0.3) is 0 Å². The molecule has 0 bridgehead atoms. The summed E-state index contributed by atoms with van der Waals surface area (Å²) in [6, 6.07) is 18.1. The van der Waals surface area contributed by atoms with Crippen LogP contribution in [0.25, 0.3) is 0 Å². The fourth-order valence-electron chi connectivity index (χ4n) is 2.40. The largest absolute Gasteiger partial charge is 0.493 e. The molecular weight excluding hydrogens is 262 g/mol. The average Bonchev–Trinajstić information content (AvgIpc) is 2.56. The molecule has 3 heteroatoms. The number of nitrogens with two attached hydrogens (primary N) is 1. The molecule has 0 saturated heterocycles. The summed E-state index contributed by atoms with van der Waals surface area (Å²) in [7, 11) is 1.65. The van der Waals surface area contributed by atoms with Crippen LogP contribution in [-0.2, 0) is 0 Å². The Labute approximate surface area is 126 Å². The molecule has 0 heterocycles. The summed E-state index contributed by atoms with van der Waals surface area (Å²) in [6.45, 7) is 1.34. The predicted molar refractivity (Wildman–Crippen MR) is 86.0 cm³/mol. The molecule has 0 aliphatic rings. The van der Waals surface area contributed by atoms with E-state index in [1.54, 1.807) is 7.11 Å². The Morgan fingerprint density at radius 3 is 2.29 bits per heavy atom. The van der Waals surface area contributed by atoms with Crippen molar-refractivity contribution in [1.82, 2.24) is 0 Å². The van der Waals surface area contributed by atoms with Gasteiger partial charge in [0, 0.05) is 0 Å². The molecular formula is C18H23NO2. The Balaban J connectivity index is 1.81. The van der Waals surface area contributed by atoms with Crippen LogP contribution in [-0.4, -0.2) is 20.3 Å². The molecule has 0 spiro atoms. The van der Waals surface area contributed by atoms with Crippen molar-refractivity contribution in [1.29, 1.82) is 0 Å². The van der Waals surface area contributed by atoms with Crippen molar-refractivity contribution < 1.29 is 9.47 Å². The van der Waals surface area contributed by atoms with Gasteiger partial charge in [0.1, 0.15) is 0 Å². The molecule has 0 fully saturated rings. The zero-order valence-corrected chi connectivity index (χ0v) is 12.5. The molecule has 2 aromatic carbocycles. The van der Waals surface area contributed by atoms with Crippen molar-refractivity contribution in [3.8, 4) is 11.5 Å². The van der Waals surface area contributed by atoms with Gasteiger partial charge in [-0.3, -0.25) is 0 Å². The lowest BCUT2D eigenvalue weighted by atomic mass is 9.95. The minimum Gasteiger partial charge on any atom is -0.493 e. The fourth-order valence-corrected chi connectivity index (χ4v) is 2.40. The SMILES string of the molecule is COc1ccccc1OCCCC(CN)c1ccccc1. The van der Waals surface area contributed by atoms with E-state index in [4.69, 9.17) is 15.2 Å². The number of benzene rings is 2. The summed E-state index contributed by atoms with van der Waals surface area (Å²) in [6.07, 6.45) is 1.99. The molecule has 1 unspecified atom stereocenters. The highest BCUT2D eigenvalue weighted by Gasteiger charge is 2.09. The van der Waals surface area contributed by atoms with Crippen molar-refractivity contribution in [3.05, 3.63) is 60.2 Å². The molecule has 0 aliphatic carbocycles.